The second-order valence-corrected chi connectivity index (χ2v) is 5.79. The Bertz CT molecular complexity index is 570. The van der Waals surface area contributed by atoms with E-state index in [0.717, 1.165) is 23.8 Å². The second-order valence-electron chi connectivity index (χ2n) is 4.91. The molecule has 0 fully saturated rings. The van der Waals surface area contributed by atoms with E-state index in [-0.39, 0.29) is 0 Å². The van der Waals surface area contributed by atoms with Crippen molar-refractivity contribution < 1.29 is 4.79 Å². The molecule has 0 aromatic heterocycles. The molecule has 0 bridgehead atoms. The monoisotopic (exact) mass is 319 g/mol. The molecule has 1 unspecified atom stereocenters. The van der Waals surface area contributed by atoms with Gasteiger partial charge < -0.3 is 5.73 Å². The van der Waals surface area contributed by atoms with Crippen LogP contribution in [0, 0.1) is 5.92 Å². The zero-order valence-corrected chi connectivity index (χ0v) is 13.6. The summed E-state index contributed by atoms with van der Waals surface area (Å²) in [6.07, 6.45) is 3.04. The minimum Gasteiger partial charge on any atom is -0.366 e. The number of hydrogen-bond acceptors (Lipinski definition) is 4. The van der Waals surface area contributed by atoms with Crippen molar-refractivity contribution >= 4 is 30.0 Å². The number of amides is 1. The maximum Gasteiger partial charge on any atom is 0.248 e. The van der Waals surface area contributed by atoms with Crippen molar-refractivity contribution in [3.63, 3.8) is 0 Å². The predicted octanol–water partition coefficient (Wildman–Crippen LogP) is 2.09. The number of carbonyl (C=O) groups excluding carboxylic acids is 1. The number of nitrogens with one attached hydrogen (secondary N) is 1. The Hall–Kier alpha value is -2.02. The molecule has 6 nitrogen and oxygen atoms in total. The number of guanidine groups is 1. The van der Waals surface area contributed by atoms with E-state index in [4.69, 9.17) is 5.73 Å². The number of nitrogens with two attached hydrogens (primary N) is 1. The van der Waals surface area contributed by atoms with Gasteiger partial charge in [0, 0.05) is 29.1 Å². The Morgan fingerprint density at radius 3 is 2.73 bits per heavy atom. The lowest BCUT2D eigenvalue weighted by Gasteiger charge is -2.18. The van der Waals surface area contributed by atoms with Gasteiger partial charge in [-0.05, 0) is 49.6 Å². The Kier molecular flexibility index (Phi) is 5.83. The minimum atomic E-state index is -0.422. The van der Waals surface area contributed by atoms with Crippen molar-refractivity contribution in [2.24, 2.45) is 21.7 Å². The number of benzene rings is 1. The van der Waals surface area contributed by atoms with E-state index in [1.807, 2.05) is 30.3 Å². The van der Waals surface area contributed by atoms with Crippen LogP contribution in [0.4, 0.5) is 0 Å². The normalized spacial score (nSPS) is 17.8. The highest BCUT2D eigenvalue weighted by molar-refractivity contribution is 7.98. The van der Waals surface area contributed by atoms with Crippen LogP contribution in [0.1, 0.15) is 30.6 Å². The van der Waals surface area contributed by atoms with Crippen LogP contribution in [0.25, 0.3) is 0 Å². The molecular formula is C15H21N5OS. The first-order valence-corrected chi connectivity index (χ1v) is 8.14. The van der Waals surface area contributed by atoms with E-state index in [9.17, 15) is 4.79 Å². The molecule has 0 saturated heterocycles. The second kappa shape index (κ2) is 7.84. The first kappa shape index (κ1) is 16.4. The van der Waals surface area contributed by atoms with Gasteiger partial charge >= 0.3 is 0 Å². The van der Waals surface area contributed by atoms with Crippen molar-refractivity contribution in [2.45, 2.75) is 25.2 Å². The summed E-state index contributed by atoms with van der Waals surface area (Å²) in [5.74, 6) is 0.803. The van der Waals surface area contributed by atoms with Gasteiger partial charge in [0.05, 0.1) is 6.54 Å². The summed E-state index contributed by atoms with van der Waals surface area (Å²) in [6.45, 7) is 5.68. The maximum absolute atomic E-state index is 11.1. The Morgan fingerprint density at radius 1 is 1.45 bits per heavy atom. The SMILES string of the molecule is CCN=C(NSc1ccc(C(N)=O)cc1)N1CC(CC)C=N1. The van der Waals surface area contributed by atoms with E-state index in [0.29, 0.717) is 18.0 Å². The molecule has 0 aliphatic carbocycles. The molecule has 7 heteroatoms. The van der Waals surface area contributed by atoms with E-state index >= 15 is 0 Å². The standard InChI is InChI=1S/C15H21N5OS/c1-3-11-9-18-20(10-11)15(17-4-2)19-22-13-7-5-12(6-8-13)14(16)21/h5-9,11H,3-4,10H2,1-2H3,(H2,16,21)(H,17,19). The van der Waals surface area contributed by atoms with Gasteiger partial charge in [-0.1, -0.05) is 6.92 Å². The molecule has 1 aliphatic heterocycles. The molecule has 0 spiro atoms. The van der Waals surface area contributed by atoms with Gasteiger partial charge in [-0.25, -0.2) is 5.01 Å². The number of hydrazone groups is 1. The Morgan fingerprint density at radius 2 is 2.18 bits per heavy atom. The quantitative estimate of drug-likeness (QED) is 0.494. The number of nitrogens with zero attached hydrogens (tertiary/aromatic N) is 3. The fraction of sp³-hybridized carbons (Fsp3) is 0.400. The van der Waals surface area contributed by atoms with Gasteiger partial charge in [-0.15, -0.1) is 0 Å². The Balaban J connectivity index is 1.96. The van der Waals surface area contributed by atoms with Crippen LogP contribution < -0.4 is 10.5 Å². The maximum atomic E-state index is 11.1. The van der Waals surface area contributed by atoms with Gasteiger partial charge in [-0.2, -0.15) is 5.10 Å². The highest BCUT2D eigenvalue weighted by atomic mass is 32.2. The van der Waals surface area contributed by atoms with Gasteiger partial charge in [0.25, 0.3) is 0 Å². The molecule has 2 rings (SSSR count). The third-order valence-electron chi connectivity index (χ3n) is 3.30. The van der Waals surface area contributed by atoms with Gasteiger partial charge in [0.2, 0.25) is 11.9 Å². The summed E-state index contributed by atoms with van der Waals surface area (Å²) in [7, 11) is 0. The summed E-state index contributed by atoms with van der Waals surface area (Å²) >= 11 is 1.44. The number of carbonyl (C=O) groups is 1. The summed E-state index contributed by atoms with van der Waals surface area (Å²) in [6, 6.07) is 7.13. The van der Waals surface area contributed by atoms with Crippen LogP contribution in [-0.4, -0.2) is 36.2 Å². The van der Waals surface area contributed by atoms with Crippen LogP contribution >= 0.6 is 11.9 Å². The first-order chi connectivity index (χ1) is 10.6. The van der Waals surface area contributed by atoms with Crippen molar-refractivity contribution in [3.8, 4) is 0 Å². The molecule has 1 atom stereocenters. The predicted molar refractivity (Wildman–Crippen MR) is 90.9 cm³/mol. The molecule has 118 valence electrons. The smallest absolute Gasteiger partial charge is 0.248 e. The van der Waals surface area contributed by atoms with Crippen molar-refractivity contribution in [1.29, 1.82) is 0 Å². The van der Waals surface area contributed by atoms with E-state index in [2.05, 4.69) is 21.7 Å². The molecule has 1 aromatic rings. The number of rotatable bonds is 5. The lowest BCUT2D eigenvalue weighted by molar-refractivity contribution is 0.1000. The Labute approximate surface area is 135 Å². The lowest BCUT2D eigenvalue weighted by atomic mass is 10.1. The molecule has 1 heterocycles. The highest BCUT2D eigenvalue weighted by Gasteiger charge is 2.20. The fourth-order valence-corrected chi connectivity index (χ4v) is 2.63. The largest absolute Gasteiger partial charge is 0.366 e. The van der Waals surface area contributed by atoms with Gasteiger partial charge in [-0.3, -0.25) is 14.5 Å². The van der Waals surface area contributed by atoms with E-state index < -0.39 is 5.91 Å². The first-order valence-electron chi connectivity index (χ1n) is 7.32. The molecule has 1 aromatic carbocycles. The summed E-state index contributed by atoms with van der Waals surface area (Å²) in [4.78, 5) is 16.5. The van der Waals surface area contributed by atoms with Gasteiger partial charge in [0.15, 0.2) is 0 Å². The lowest BCUT2D eigenvalue weighted by Crippen LogP contribution is -2.34. The van der Waals surface area contributed by atoms with Crippen molar-refractivity contribution in [2.75, 3.05) is 13.1 Å². The topological polar surface area (TPSA) is 83.1 Å². The van der Waals surface area contributed by atoms with E-state index in [1.165, 1.54) is 11.9 Å². The van der Waals surface area contributed by atoms with Gasteiger partial charge in [0.1, 0.15) is 0 Å². The highest BCUT2D eigenvalue weighted by Crippen LogP contribution is 2.17. The van der Waals surface area contributed by atoms with Crippen LogP contribution in [0.5, 0.6) is 0 Å². The fourth-order valence-electron chi connectivity index (χ4n) is 1.97. The molecule has 0 saturated carbocycles. The third-order valence-corrected chi connectivity index (χ3v) is 4.09. The summed E-state index contributed by atoms with van der Waals surface area (Å²) < 4.78 is 3.23. The average molecular weight is 319 g/mol. The molecule has 0 radical (unpaired) electrons. The zero-order chi connectivity index (χ0) is 15.9. The average Bonchev–Trinajstić information content (AvgIpc) is 3.00. The number of aliphatic imine (C=N–C) groups is 1. The zero-order valence-electron chi connectivity index (χ0n) is 12.8. The van der Waals surface area contributed by atoms with Crippen molar-refractivity contribution in [1.82, 2.24) is 9.73 Å². The molecule has 3 N–H and O–H groups in total. The molecule has 1 amide bonds. The van der Waals surface area contributed by atoms with E-state index in [1.54, 1.807) is 12.1 Å². The van der Waals surface area contributed by atoms with Crippen LogP contribution in [0.15, 0.2) is 39.3 Å². The summed E-state index contributed by atoms with van der Waals surface area (Å²) in [5.41, 5.74) is 5.73. The van der Waals surface area contributed by atoms with Crippen LogP contribution in [0.3, 0.4) is 0 Å². The third kappa shape index (κ3) is 4.24. The number of primary amides is 1. The summed E-state index contributed by atoms with van der Waals surface area (Å²) in [5, 5.41) is 6.29. The van der Waals surface area contributed by atoms with Crippen LogP contribution in [-0.2, 0) is 0 Å². The molecular weight excluding hydrogens is 298 g/mol. The van der Waals surface area contributed by atoms with Crippen LogP contribution in [0.2, 0.25) is 0 Å². The minimum absolute atomic E-state index is 0.422. The van der Waals surface area contributed by atoms with Crippen molar-refractivity contribution in [3.05, 3.63) is 29.8 Å². The molecule has 1 aliphatic rings. The number of hydrogen-bond donors (Lipinski definition) is 2. The molecule has 22 heavy (non-hydrogen) atoms.